The van der Waals surface area contributed by atoms with E-state index in [9.17, 15) is 0 Å². The van der Waals surface area contributed by atoms with Crippen LogP contribution >= 0.6 is 0 Å². The summed E-state index contributed by atoms with van der Waals surface area (Å²) < 4.78 is 0. The first-order valence-electron chi connectivity index (χ1n) is 15.2. The van der Waals surface area contributed by atoms with Crippen molar-refractivity contribution in [3.63, 3.8) is 0 Å². The van der Waals surface area contributed by atoms with Crippen LogP contribution in [0.1, 0.15) is 47.2 Å². The molecule has 0 amide bonds. The van der Waals surface area contributed by atoms with E-state index in [0.717, 1.165) is 44.6 Å². The van der Waals surface area contributed by atoms with Gasteiger partial charge in [0, 0.05) is 37.6 Å². The van der Waals surface area contributed by atoms with Gasteiger partial charge in [-0.25, -0.2) is 0 Å². The Morgan fingerprint density at radius 1 is 0.476 bits per heavy atom. The van der Waals surface area contributed by atoms with Crippen LogP contribution in [-0.4, -0.2) is 13.1 Å². The second-order valence-electron chi connectivity index (χ2n) is 10.9. The highest BCUT2D eigenvalue weighted by atomic mass is 15.1. The summed E-state index contributed by atoms with van der Waals surface area (Å²) in [6.07, 6.45) is 2.02. The Morgan fingerprint density at radius 3 is 1.48 bits per heavy atom. The van der Waals surface area contributed by atoms with E-state index in [2.05, 4.69) is 164 Å². The Kier molecular flexibility index (Phi) is 9.90. The second kappa shape index (κ2) is 14.4. The zero-order chi connectivity index (χ0) is 29.1. The third kappa shape index (κ3) is 7.59. The monoisotopic (exact) mass is 550 g/mol. The molecule has 0 N–H and O–H groups in total. The molecule has 0 fully saturated rings. The Bertz CT molecular complexity index is 1540. The average Bonchev–Trinajstić information content (AvgIpc) is 3.06. The number of aryl methyl sites for hydroxylation is 2. The van der Waals surface area contributed by atoms with Crippen molar-refractivity contribution in [2.45, 2.75) is 39.8 Å². The fourth-order valence-corrected chi connectivity index (χ4v) is 5.50. The van der Waals surface area contributed by atoms with Crippen LogP contribution in [0.4, 0.5) is 11.4 Å². The van der Waals surface area contributed by atoms with Crippen molar-refractivity contribution in [1.82, 2.24) is 0 Å². The van der Waals surface area contributed by atoms with Gasteiger partial charge in [-0.15, -0.1) is 0 Å². The fraction of sp³-hybridized carbons (Fsp3) is 0.200. The minimum atomic E-state index is 0.910. The molecule has 212 valence electrons. The molecule has 0 unspecified atom stereocenters. The first-order chi connectivity index (χ1) is 20.6. The molecule has 0 aromatic heterocycles. The fourth-order valence-electron chi connectivity index (χ4n) is 5.50. The Balaban J connectivity index is 1.19. The van der Waals surface area contributed by atoms with Crippen LogP contribution in [0.2, 0.25) is 0 Å². The molecule has 0 spiro atoms. The predicted molar refractivity (Wildman–Crippen MR) is 181 cm³/mol. The molecule has 5 rings (SSSR count). The van der Waals surface area contributed by atoms with Gasteiger partial charge in [-0.2, -0.15) is 0 Å². The van der Waals surface area contributed by atoms with Crippen LogP contribution in [0.3, 0.4) is 0 Å². The highest BCUT2D eigenvalue weighted by Gasteiger charge is 2.09. The SMILES string of the molecule is C=C(c1ccc(N(CC)Cc2ccccc2)cc1)c1cccc(CCc2ccc(N(CC)Cc3ccccc3)cc2)c1. The van der Waals surface area contributed by atoms with Gasteiger partial charge in [0.25, 0.3) is 0 Å². The predicted octanol–water partition coefficient (Wildman–Crippen LogP) is 9.59. The summed E-state index contributed by atoms with van der Waals surface area (Å²) in [6.45, 7) is 12.7. The molecule has 0 bridgehead atoms. The van der Waals surface area contributed by atoms with Crippen molar-refractivity contribution in [2.24, 2.45) is 0 Å². The molecule has 0 aliphatic carbocycles. The van der Waals surface area contributed by atoms with Crippen LogP contribution < -0.4 is 9.80 Å². The molecule has 0 saturated heterocycles. The highest BCUT2D eigenvalue weighted by Crippen LogP contribution is 2.26. The van der Waals surface area contributed by atoms with Gasteiger partial charge in [-0.3, -0.25) is 0 Å². The van der Waals surface area contributed by atoms with Crippen molar-refractivity contribution in [3.05, 3.63) is 173 Å². The zero-order valence-corrected chi connectivity index (χ0v) is 25.0. The Labute approximate surface area is 252 Å². The van der Waals surface area contributed by atoms with E-state index in [-0.39, 0.29) is 0 Å². The van der Waals surface area contributed by atoms with Gasteiger partial charge in [0.05, 0.1) is 0 Å². The highest BCUT2D eigenvalue weighted by molar-refractivity contribution is 5.79. The third-order valence-corrected chi connectivity index (χ3v) is 8.06. The summed E-state index contributed by atoms with van der Waals surface area (Å²) in [4.78, 5) is 4.82. The van der Waals surface area contributed by atoms with E-state index < -0.39 is 0 Å². The average molecular weight is 551 g/mol. The van der Waals surface area contributed by atoms with Crippen LogP contribution in [0.5, 0.6) is 0 Å². The van der Waals surface area contributed by atoms with Crippen LogP contribution in [0, 0.1) is 0 Å². The molecule has 42 heavy (non-hydrogen) atoms. The van der Waals surface area contributed by atoms with E-state index in [1.807, 2.05) is 0 Å². The molecule has 5 aromatic carbocycles. The first kappa shape index (κ1) is 29.0. The molecule has 0 aliphatic heterocycles. The maximum atomic E-state index is 4.46. The van der Waals surface area contributed by atoms with Gasteiger partial charge in [-0.1, -0.05) is 116 Å². The number of rotatable bonds is 13. The molecule has 2 heteroatoms. The van der Waals surface area contributed by atoms with E-state index in [0.29, 0.717) is 0 Å². The number of hydrogen-bond donors (Lipinski definition) is 0. The van der Waals surface area contributed by atoms with Crippen molar-refractivity contribution in [2.75, 3.05) is 22.9 Å². The van der Waals surface area contributed by atoms with Crippen LogP contribution in [0.15, 0.2) is 140 Å². The van der Waals surface area contributed by atoms with Gasteiger partial charge in [0.2, 0.25) is 0 Å². The van der Waals surface area contributed by atoms with Crippen molar-refractivity contribution >= 4 is 16.9 Å². The summed E-state index contributed by atoms with van der Waals surface area (Å²) in [5.74, 6) is 0. The lowest BCUT2D eigenvalue weighted by atomic mass is 9.96. The second-order valence-corrected chi connectivity index (χ2v) is 10.9. The Hall–Kier alpha value is -4.56. The quantitative estimate of drug-likeness (QED) is 0.144. The van der Waals surface area contributed by atoms with Crippen molar-refractivity contribution in [3.8, 4) is 0 Å². The van der Waals surface area contributed by atoms with Crippen LogP contribution in [-0.2, 0) is 25.9 Å². The van der Waals surface area contributed by atoms with E-state index in [1.165, 1.54) is 44.8 Å². The minimum absolute atomic E-state index is 0.910. The maximum Gasteiger partial charge on any atom is 0.0429 e. The lowest BCUT2D eigenvalue weighted by Crippen LogP contribution is -2.21. The molecule has 0 atom stereocenters. The maximum absolute atomic E-state index is 4.46. The molecule has 0 radical (unpaired) electrons. The first-order valence-corrected chi connectivity index (χ1v) is 15.2. The van der Waals surface area contributed by atoms with Gasteiger partial charge in [-0.05, 0) is 89.9 Å². The molecule has 5 aromatic rings. The van der Waals surface area contributed by atoms with E-state index in [4.69, 9.17) is 0 Å². The number of nitrogens with zero attached hydrogens (tertiary/aromatic N) is 2. The van der Waals surface area contributed by atoms with Gasteiger partial charge >= 0.3 is 0 Å². The van der Waals surface area contributed by atoms with Gasteiger partial charge < -0.3 is 9.80 Å². The van der Waals surface area contributed by atoms with Gasteiger partial charge in [0.1, 0.15) is 0 Å². The minimum Gasteiger partial charge on any atom is -0.367 e. The number of hydrogen-bond acceptors (Lipinski definition) is 2. The lowest BCUT2D eigenvalue weighted by molar-refractivity contribution is 0.831. The zero-order valence-electron chi connectivity index (χ0n) is 25.0. The molecule has 2 nitrogen and oxygen atoms in total. The molecule has 0 aliphatic rings. The summed E-state index contributed by atoms with van der Waals surface area (Å²) >= 11 is 0. The van der Waals surface area contributed by atoms with Crippen molar-refractivity contribution < 1.29 is 0 Å². The van der Waals surface area contributed by atoms with E-state index in [1.54, 1.807) is 0 Å². The molecule has 0 saturated carbocycles. The molecular weight excluding hydrogens is 508 g/mol. The summed E-state index contributed by atoms with van der Waals surface area (Å²) in [7, 11) is 0. The molecule has 0 heterocycles. The number of benzene rings is 5. The van der Waals surface area contributed by atoms with E-state index >= 15 is 0 Å². The topological polar surface area (TPSA) is 6.48 Å². The summed E-state index contributed by atoms with van der Waals surface area (Å²) in [5, 5.41) is 0. The summed E-state index contributed by atoms with van der Waals surface area (Å²) in [6, 6.07) is 48.2. The lowest BCUT2D eigenvalue weighted by Gasteiger charge is -2.23. The Morgan fingerprint density at radius 2 is 0.952 bits per heavy atom. The number of anilines is 2. The smallest absolute Gasteiger partial charge is 0.0429 e. The van der Waals surface area contributed by atoms with Crippen LogP contribution in [0.25, 0.3) is 5.57 Å². The summed E-state index contributed by atoms with van der Waals surface area (Å²) in [5.41, 5.74) is 11.3. The van der Waals surface area contributed by atoms with Crippen molar-refractivity contribution in [1.29, 1.82) is 0 Å². The molecular formula is C40H42N2. The normalized spacial score (nSPS) is 10.8. The van der Waals surface area contributed by atoms with Gasteiger partial charge in [0.15, 0.2) is 0 Å². The third-order valence-electron chi connectivity index (χ3n) is 8.06. The standard InChI is InChI=1S/C40H42N2/c1-4-41(30-35-13-8-6-9-14-35)39-25-21-33(22-26-39)19-20-34-17-12-18-38(29-34)32(3)37-23-27-40(28-24-37)42(5-2)31-36-15-10-7-11-16-36/h6-18,21-29H,3-5,19-20,30-31H2,1-2H3. The largest absolute Gasteiger partial charge is 0.367 e.